The van der Waals surface area contributed by atoms with Gasteiger partial charge >= 0.3 is 11.9 Å². The fourth-order valence-electron chi connectivity index (χ4n) is 1.44. The van der Waals surface area contributed by atoms with Crippen LogP contribution in [-0.4, -0.2) is 34.2 Å². The van der Waals surface area contributed by atoms with E-state index in [0.29, 0.717) is 6.42 Å². The summed E-state index contributed by atoms with van der Waals surface area (Å²) in [5, 5.41) is 19.7. The van der Waals surface area contributed by atoms with E-state index in [1.54, 1.807) is 6.92 Å². The van der Waals surface area contributed by atoms with Gasteiger partial charge in [-0.05, 0) is 12.3 Å². The molecule has 0 aromatic carbocycles. The quantitative estimate of drug-likeness (QED) is 0.525. The van der Waals surface area contributed by atoms with Gasteiger partial charge in [-0.1, -0.05) is 6.92 Å². The Balaban J connectivity index is 2.62. The molecular weight excluding hydrogens is 162 g/mol. The van der Waals surface area contributed by atoms with E-state index in [0.717, 1.165) is 0 Å². The minimum atomic E-state index is -0.981. The SMILES string of the molecule is CC1CC(C(=O)O)NC1C(=O)O. The highest BCUT2D eigenvalue weighted by molar-refractivity contribution is 5.79. The van der Waals surface area contributed by atoms with Crippen molar-refractivity contribution < 1.29 is 19.8 Å². The Hall–Kier alpha value is -1.10. The lowest BCUT2D eigenvalue weighted by Gasteiger charge is -2.08. The number of carboxylic acids is 2. The summed E-state index contributed by atoms with van der Waals surface area (Å²) in [5.74, 6) is -2.08. The predicted molar refractivity (Wildman–Crippen MR) is 39.8 cm³/mol. The molecule has 3 unspecified atom stereocenters. The Labute approximate surface area is 69.4 Å². The monoisotopic (exact) mass is 173 g/mol. The zero-order valence-corrected chi connectivity index (χ0v) is 6.65. The molecule has 1 aliphatic heterocycles. The van der Waals surface area contributed by atoms with Crippen LogP contribution in [0.4, 0.5) is 0 Å². The number of nitrogens with one attached hydrogen (secondary N) is 1. The van der Waals surface area contributed by atoms with Crippen LogP contribution in [0.25, 0.3) is 0 Å². The first-order valence-electron chi connectivity index (χ1n) is 3.74. The minimum absolute atomic E-state index is 0.122. The van der Waals surface area contributed by atoms with Gasteiger partial charge in [0.1, 0.15) is 12.1 Å². The van der Waals surface area contributed by atoms with Crippen LogP contribution in [0.5, 0.6) is 0 Å². The summed E-state index contributed by atoms with van der Waals surface area (Å²) in [4.78, 5) is 21.0. The first kappa shape index (κ1) is 8.99. The van der Waals surface area contributed by atoms with Crippen molar-refractivity contribution in [3.63, 3.8) is 0 Å². The summed E-state index contributed by atoms with van der Waals surface area (Å²) in [6, 6.07) is -1.42. The van der Waals surface area contributed by atoms with Gasteiger partial charge in [0.2, 0.25) is 0 Å². The molecule has 0 aliphatic carbocycles. The molecule has 12 heavy (non-hydrogen) atoms. The van der Waals surface area contributed by atoms with Gasteiger partial charge in [0.05, 0.1) is 0 Å². The highest BCUT2D eigenvalue weighted by Crippen LogP contribution is 2.19. The summed E-state index contributed by atoms with van der Waals surface area (Å²) in [5.41, 5.74) is 0. The number of aliphatic carboxylic acids is 2. The summed E-state index contributed by atoms with van der Waals surface area (Å²) in [6.45, 7) is 1.73. The average molecular weight is 173 g/mol. The molecular formula is C7H11NO4. The van der Waals surface area contributed by atoms with Gasteiger partial charge in [0, 0.05) is 0 Å². The number of hydrogen-bond donors (Lipinski definition) is 3. The highest BCUT2D eigenvalue weighted by atomic mass is 16.4. The number of carbonyl (C=O) groups is 2. The Bertz CT molecular complexity index is 215. The van der Waals surface area contributed by atoms with Crippen molar-refractivity contribution in [3.05, 3.63) is 0 Å². The van der Waals surface area contributed by atoms with Gasteiger partial charge in [-0.15, -0.1) is 0 Å². The summed E-state index contributed by atoms with van der Waals surface area (Å²) < 4.78 is 0. The summed E-state index contributed by atoms with van der Waals surface area (Å²) in [7, 11) is 0. The van der Waals surface area contributed by atoms with Gasteiger partial charge in [0.25, 0.3) is 0 Å². The second kappa shape index (κ2) is 3.10. The molecule has 1 saturated heterocycles. The lowest BCUT2D eigenvalue weighted by molar-refractivity contribution is -0.140. The van der Waals surface area contributed by atoms with Gasteiger partial charge < -0.3 is 10.2 Å². The van der Waals surface area contributed by atoms with E-state index >= 15 is 0 Å². The van der Waals surface area contributed by atoms with Gasteiger partial charge in [-0.3, -0.25) is 14.9 Å². The molecule has 0 saturated carbocycles. The summed E-state index contributed by atoms with van der Waals surface area (Å²) in [6.07, 6.45) is 0.381. The van der Waals surface area contributed by atoms with E-state index in [1.165, 1.54) is 0 Å². The van der Waals surface area contributed by atoms with Crippen molar-refractivity contribution in [2.75, 3.05) is 0 Å². The largest absolute Gasteiger partial charge is 0.480 e. The Kier molecular flexibility index (Phi) is 2.32. The average Bonchev–Trinajstić information content (AvgIpc) is 2.30. The van der Waals surface area contributed by atoms with Crippen molar-refractivity contribution in [2.45, 2.75) is 25.4 Å². The first-order valence-corrected chi connectivity index (χ1v) is 3.74. The molecule has 1 rings (SSSR count). The van der Waals surface area contributed by atoms with E-state index in [-0.39, 0.29) is 5.92 Å². The van der Waals surface area contributed by atoms with Crippen molar-refractivity contribution in [1.82, 2.24) is 5.32 Å². The van der Waals surface area contributed by atoms with Crippen LogP contribution in [0, 0.1) is 5.92 Å². The van der Waals surface area contributed by atoms with E-state index in [9.17, 15) is 9.59 Å². The zero-order valence-electron chi connectivity index (χ0n) is 6.65. The molecule has 5 nitrogen and oxygen atoms in total. The second-order valence-corrected chi connectivity index (χ2v) is 3.09. The Morgan fingerprint density at radius 3 is 2.17 bits per heavy atom. The molecule has 0 amide bonds. The van der Waals surface area contributed by atoms with E-state index in [4.69, 9.17) is 10.2 Å². The predicted octanol–water partition coefficient (Wildman–Crippen LogP) is -0.478. The molecule has 0 aromatic heterocycles. The molecule has 3 atom stereocenters. The maximum absolute atomic E-state index is 10.5. The van der Waals surface area contributed by atoms with Crippen LogP contribution in [0.1, 0.15) is 13.3 Å². The molecule has 1 aliphatic rings. The van der Waals surface area contributed by atoms with Gasteiger partial charge in [0.15, 0.2) is 0 Å². The van der Waals surface area contributed by atoms with E-state index in [2.05, 4.69) is 5.32 Å². The van der Waals surface area contributed by atoms with Crippen LogP contribution >= 0.6 is 0 Å². The molecule has 1 fully saturated rings. The molecule has 0 aromatic rings. The number of carboxylic acid groups (broad SMARTS) is 2. The normalized spacial score (nSPS) is 34.9. The van der Waals surface area contributed by atoms with Crippen molar-refractivity contribution in [2.24, 2.45) is 5.92 Å². The smallest absolute Gasteiger partial charge is 0.320 e. The Morgan fingerprint density at radius 2 is 1.92 bits per heavy atom. The van der Waals surface area contributed by atoms with Crippen LogP contribution in [-0.2, 0) is 9.59 Å². The van der Waals surface area contributed by atoms with Crippen LogP contribution in [0.2, 0.25) is 0 Å². The highest BCUT2D eigenvalue weighted by Gasteiger charge is 2.38. The molecule has 0 radical (unpaired) electrons. The fourth-order valence-corrected chi connectivity index (χ4v) is 1.44. The van der Waals surface area contributed by atoms with Crippen molar-refractivity contribution >= 4 is 11.9 Å². The number of hydrogen-bond acceptors (Lipinski definition) is 3. The third-order valence-electron chi connectivity index (χ3n) is 2.12. The maximum Gasteiger partial charge on any atom is 0.320 e. The molecule has 0 bridgehead atoms. The molecule has 5 heteroatoms. The summed E-state index contributed by atoms with van der Waals surface area (Å²) >= 11 is 0. The minimum Gasteiger partial charge on any atom is -0.480 e. The third kappa shape index (κ3) is 1.55. The maximum atomic E-state index is 10.5. The molecule has 3 N–H and O–H groups in total. The standard InChI is InChI=1S/C7H11NO4/c1-3-2-4(6(9)10)8-5(3)7(11)12/h3-5,8H,2H2,1H3,(H,9,10)(H,11,12). The molecule has 68 valence electrons. The van der Waals surface area contributed by atoms with E-state index in [1.807, 2.05) is 0 Å². The van der Waals surface area contributed by atoms with Gasteiger partial charge in [-0.2, -0.15) is 0 Å². The zero-order chi connectivity index (χ0) is 9.30. The molecule has 1 heterocycles. The third-order valence-corrected chi connectivity index (χ3v) is 2.12. The Morgan fingerprint density at radius 1 is 1.33 bits per heavy atom. The van der Waals surface area contributed by atoms with E-state index < -0.39 is 24.0 Å². The lowest BCUT2D eigenvalue weighted by atomic mass is 10.0. The van der Waals surface area contributed by atoms with Gasteiger partial charge in [-0.25, -0.2) is 0 Å². The van der Waals surface area contributed by atoms with Crippen molar-refractivity contribution in [3.8, 4) is 0 Å². The lowest BCUT2D eigenvalue weighted by Crippen LogP contribution is -2.40. The fraction of sp³-hybridized carbons (Fsp3) is 0.714. The van der Waals surface area contributed by atoms with Crippen LogP contribution in [0.3, 0.4) is 0 Å². The number of rotatable bonds is 2. The second-order valence-electron chi connectivity index (χ2n) is 3.09. The topological polar surface area (TPSA) is 86.6 Å². The first-order chi connectivity index (χ1) is 5.52. The van der Waals surface area contributed by atoms with Crippen LogP contribution < -0.4 is 5.32 Å². The van der Waals surface area contributed by atoms with Crippen LogP contribution in [0.15, 0.2) is 0 Å². The molecule has 0 spiro atoms. The van der Waals surface area contributed by atoms with Crippen molar-refractivity contribution in [1.29, 1.82) is 0 Å².